The molecular formula is C9H21NO4. The number of aliphatic hydroxyl groups is 4. The van der Waals surface area contributed by atoms with Gasteiger partial charge in [0.2, 0.25) is 0 Å². The van der Waals surface area contributed by atoms with Crippen LogP contribution in [0.3, 0.4) is 0 Å². The molecule has 0 heterocycles. The Labute approximate surface area is 84.4 Å². The predicted molar refractivity (Wildman–Crippen MR) is 52.9 cm³/mol. The first-order valence-electron chi connectivity index (χ1n) is 4.87. The molecule has 14 heavy (non-hydrogen) atoms. The molecule has 0 saturated heterocycles. The highest BCUT2D eigenvalue weighted by Gasteiger charge is 2.23. The fourth-order valence-corrected chi connectivity index (χ4v) is 1.04. The lowest BCUT2D eigenvalue weighted by atomic mass is 10.1. The summed E-state index contributed by atoms with van der Waals surface area (Å²) in [5.74, 6) is 0. The number of rotatable bonds is 7. The van der Waals surface area contributed by atoms with Crippen molar-refractivity contribution in [1.82, 2.24) is 5.32 Å². The van der Waals surface area contributed by atoms with Crippen molar-refractivity contribution in [3.8, 4) is 0 Å². The summed E-state index contributed by atoms with van der Waals surface area (Å²) < 4.78 is 0. The molecule has 5 N–H and O–H groups in total. The van der Waals surface area contributed by atoms with Crippen molar-refractivity contribution in [2.45, 2.75) is 44.6 Å². The minimum Gasteiger partial charge on any atom is -0.396 e. The summed E-state index contributed by atoms with van der Waals surface area (Å²) in [4.78, 5) is 0. The van der Waals surface area contributed by atoms with Gasteiger partial charge in [-0.1, -0.05) is 13.8 Å². The lowest BCUT2D eigenvalue weighted by molar-refractivity contribution is -0.0647. The van der Waals surface area contributed by atoms with Crippen LogP contribution < -0.4 is 5.32 Å². The summed E-state index contributed by atoms with van der Waals surface area (Å²) in [6.45, 7) is 3.86. The number of hydrogen-bond acceptors (Lipinski definition) is 5. The lowest BCUT2D eigenvalue weighted by Gasteiger charge is -2.23. The van der Waals surface area contributed by atoms with Crippen molar-refractivity contribution >= 4 is 0 Å². The molecule has 0 unspecified atom stereocenters. The van der Waals surface area contributed by atoms with Crippen LogP contribution in [0.2, 0.25) is 0 Å². The van der Waals surface area contributed by atoms with Crippen LogP contribution in [-0.4, -0.2) is 57.9 Å². The van der Waals surface area contributed by atoms with E-state index >= 15 is 0 Å². The van der Waals surface area contributed by atoms with Crippen molar-refractivity contribution in [2.75, 3.05) is 13.2 Å². The zero-order valence-electron chi connectivity index (χ0n) is 8.72. The van der Waals surface area contributed by atoms with E-state index in [-0.39, 0.29) is 25.6 Å². The van der Waals surface area contributed by atoms with Gasteiger partial charge >= 0.3 is 0 Å². The van der Waals surface area contributed by atoms with E-state index in [4.69, 9.17) is 5.11 Å². The predicted octanol–water partition coefficient (Wildman–Crippen LogP) is -1.55. The molecule has 0 aromatic rings. The van der Waals surface area contributed by atoms with Gasteiger partial charge in [-0.2, -0.15) is 0 Å². The Bertz CT molecular complexity index is 143. The average molecular weight is 207 g/mol. The largest absolute Gasteiger partial charge is 0.396 e. The van der Waals surface area contributed by atoms with Gasteiger partial charge in [-0.05, 0) is 6.42 Å². The van der Waals surface area contributed by atoms with Gasteiger partial charge < -0.3 is 25.7 Å². The Morgan fingerprint density at radius 1 is 1.07 bits per heavy atom. The summed E-state index contributed by atoms with van der Waals surface area (Å²) in [7, 11) is 0. The fraction of sp³-hybridized carbons (Fsp3) is 1.00. The number of nitrogens with one attached hydrogen (secondary N) is 1. The van der Waals surface area contributed by atoms with Gasteiger partial charge in [0.25, 0.3) is 0 Å². The molecule has 5 heteroatoms. The summed E-state index contributed by atoms with van der Waals surface area (Å²) in [5.41, 5.74) is 0. The van der Waals surface area contributed by atoms with Crippen molar-refractivity contribution in [2.24, 2.45) is 0 Å². The van der Waals surface area contributed by atoms with Gasteiger partial charge in [0.1, 0.15) is 6.10 Å². The second kappa shape index (κ2) is 7.14. The van der Waals surface area contributed by atoms with Crippen molar-refractivity contribution in [3.05, 3.63) is 0 Å². The zero-order chi connectivity index (χ0) is 11.1. The van der Waals surface area contributed by atoms with Crippen LogP contribution in [0.5, 0.6) is 0 Å². The van der Waals surface area contributed by atoms with Crippen LogP contribution in [0, 0.1) is 0 Å². The monoisotopic (exact) mass is 207 g/mol. The molecule has 86 valence electrons. The number of aliphatic hydroxyl groups excluding tert-OH is 4. The molecular weight excluding hydrogens is 186 g/mol. The standard InChI is InChI=1S/C9H21NO4/c1-6(2)10-5-8(13)9(14)7(12)3-4-11/h6-14H,3-5H2,1-2H3/t7-,8+,9+/m1/s1. The summed E-state index contributed by atoms with van der Waals surface area (Å²) >= 11 is 0. The molecule has 0 bridgehead atoms. The third-order valence-electron chi connectivity index (χ3n) is 1.95. The smallest absolute Gasteiger partial charge is 0.107 e. The zero-order valence-corrected chi connectivity index (χ0v) is 8.72. The van der Waals surface area contributed by atoms with Crippen molar-refractivity contribution in [3.63, 3.8) is 0 Å². The number of hydrogen-bond donors (Lipinski definition) is 5. The molecule has 0 aliphatic rings. The van der Waals surface area contributed by atoms with Crippen LogP contribution in [0.1, 0.15) is 20.3 Å². The van der Waals surface area contributed by atoms with E-state index in [9.17, 15) is 15.3 Å². The van der Waals surface area contributed by atoms with E-state index in [1.165, 1.54) is 0 Å². The maximum atomic E-state index is 9.41. The Hall–Kier alpha value is -0.200. The highest BCUT2D eigenvalue weighted by Crippen LogP contribution is 2.03. The fourth-order valence-electron chi connectivity index (χ4n) is 1.04. The summed E-state index contributed by atoms with van der Waals surface area (Å²) in [6, 6.07) is 0.215. The first kappa shape index (κ1) is 13.8. The summed E-state index contributed by atoms with van der Waals surface area (Å²) in [6.07, 6.45) is -3.24. The SMILES string of the molecule is CC(C)NC[C@H](O)[C@@H](O)[C@H](O)CCO. The Morgan fingerprint density at radius 3 is 2.07 bits per heavy atom. The van der Waals surface area contributed by atoms with Crippen molar-refractivity contribution in [1.29, 1.82) is 0 Å². The van der Waals surface area contributed by atoms with E-state index < -0.39 is 18.3 Å². The molecule has 0 spiro atoms. The van der Waals surface area contributed by atoms with Gasteiger partial charge in [0.15, 0.2) is 0 Å². The molecule has 5 nitrogen and oxygen atoms in total. The topological polar surface area (TPSA) is 93.0 Å². The highest BCUT2D eigenvalue weighted by molar-refractivity contribution is 4.77. The van der Waals surface area contributed by atoms with Gasteiger partial charge in [-0.3, -0.25) is 0 Å². The van der Waals surface area contributed by atoms with E-state index in [0.29, 0.717) is 0 Å². The van der Waals surface area contributed by atoms with Crippen molar-refractivity contribution < 1.29 is 20.4 Å². The maximum absolute atomic E-state index is 9.41. The van der Waals surface area contributed by atoms with E-state index in [1.807, 2.05) is 13.8 Å². The van der Waals surface area contributed by atoms with E-state index in [2.05, 4.69) is 5.32 Å². The molecule has 0 radical (unpaired) electrons. The molecule has 0 aromatic carbocycles. The Balaban J connectivity index is 3.79. The molecule has 0 amide bonds. The lowest BCUT2D eigenvalue weighted by Crippen LogP contribution is -2.44. The minimum absolute atomic E-state index is 0.0694. The first-order chi connectivity index (χ1) is 6.49. The molecule has 0 rings (SSSR count). The quantitative estimate of drug-likeness (QED) is 0.348. The minimum atomic E-state index is -1.21. The molecule has 3 atom stereocenters. The Kier molecular flexibility index (Phi) is 7.04. The van der Waals surface area contributed by atoms with Crippen LogP contribution in [0.25, 0.3) is 0 Å². The third-order valence-corrected chi connectivity index (χ3v) is 1.95. The van der Waals surface area contributed by atoms with E-state index in [0.717, 1.165) is 0 Å². The van der Waals surface area contributed by atoms with E-state index in [1.54, 1.807) is 0 Å². The summed E-state index contributed by atoms with van der Waals surface area (Å²) in [5, 5.41) is 39.5. The van der Waals surface area contributed by atoms with Crippen LogP contribution >= 0.6 is 0 Å². The van der Waals surface area contributed by atoms with Crippen LogP contribution in [0.15, 0.2) is 0 Å². The third kappa shape index (κ3) is 5.51. The van der Waals surface area contributed by atoms with Gasteiger partial charge in [0.05, 0.1) is 12.2 Å². The van der Waals surface area contributed by atoms with Crippen LogP contribution in [-0.2, 0) is 0 Å². The second-order valence-corrected chi connectivity index (χ2v) is 3.70. The molecule has 0 fully saturated rings. The average Bonchev–Trinajstić information content (AvgIpc) is 2.13. The first-order valence-corrected chi connectivity index (χ1v) is 4.87. The molecule has 0 aromatic heterocycles. The molecule has 0 saturated carbocycles. The Morgan fingerprint density at radius 2 is 1.64 bits per heavy atom. The normalized spacial score (nSPS) is 18.2. The maximum Gasteiger partial charge on any atom is 0.107 e. The second-order valence-electron chi connectivity index (χ2n) is 3.70. The molecule has 0 aliphatic heterocycles. The van der Waals surface area contributed by atoms with Gasteiger partial charge in [-0.25, -0.2) is 0 Å². The van der Waals surface area contributed by atoms with Gasteiger partial charge in [-0.15, -0.1) is 0 Å². The van der Waals surface area contributed by atoms with Gasteiger partial charge in [0, 0.05) is 19.2 Å². The van der Waals surface area contributed by atoms with Crippen LogP contribution in [0.4, 0.5) is 0 Å². The highest BCUT2D eigenvalue weighted by atomic mass is 16.4. The molecule has 0 aliphatic carbocycles.